The van der Waals surface area contributed by atoms with Crippen molar-refractivity contribution in [2.45, 2.75) is 0 Å². The number of nitrogens with zero attached hydrogens (tertiary/aromatic N) is 1. The van der Waals surface area contributed by atoms with Crippen LogP contribution >= 0.6 is 27.7 Å². The number of rotatable bonds is 3. The largest absolute Gasteiger partial charge is 0.324 e. The summed E-state index contributed by atoms with van der Waals surface area (Å²) in [5.74, 6) is 0.465. The van der Waals surface area contributed by atoms with Crippen molar-refractivity contribution in [3.8, 4) is 0 Å². The molecule has 13 heavy (non-hydrogen) atoms. The lowest BCUT2D eigenvalue weighted by molar-refractivity contribution is -0.113. The van der Waals surface area contributed by atoms with Crippen molar-refractivity contribution >= 4 is 39.3 Å². The Bertz CT molecular complexity index is 289. The highest BCUT2D eigenvalue weighted by atomic mass is 79.9. The van der Waals surface area contributed by atoms with E-state index in [0.717, 1.165) is 10.3 Å². The first-order valence-electron chi connectivity index (χ1n) is 3.62. The summed E-state index contributed by atoms with van der Waals surface area (Å²) in [6.07, 6.45) is 3.50. The second-order valence-corrected chi connectivity index (χ2v) is 4.03. The maximum atomic E-state index is 11.1. The summed E-state index contributed by atoms with van der Waals surface area (Å²) < 4.78 is 0.760. The van der Waals surface area contributed by atoms with Crippen LogP contribution in [0.1, 0.15) is 0 Å². The number of pyridine rings is 1. The van der Waals surface area contributed by atoms with Crippen LogP contribution < -0.4 is 5.32 Å². The summed E-state index contributed by atoms with van der Waals surface area (Å²) in [4.78, 5) is 15.1. The van der Waals surface area contributed by atoms with E-state index >= 15 is 0 Å². The SMILES string of the molecule is CSCC(=O)Nc1ccc(Br)nc1. The molecule has 1 heterocycles. The van der Waals surface area contributed by atoms with E-state index in [2.05, 4.69) is 26.2 Å². The second kappa shape index (κ2) is 5.24. The molecule has 0 unspecified atom stereocenters. The van der Waals surface area contributed by atoms with Gasteiger partial charge < -0.3 is 5.32 Å². The predicted molar refractivity (Wildman–Crippen MR) is 58.9 cm³/mol. The Labute approximate surface area is 89.4 Å². The number of carbonyl (C=O) groups excluding carboxylic acids is 1. The van der Waals surface area contributed by atoms with Crippen LogP contribution in [0.25, 0.3) is 0 Å². The molecule has 1 amide bonds. The van der Waals surface area contributed by atoms with Gasteiger partial charge in [0.25, 0.3) is 0 Å². The van der Waals surface area contributed by atoms with Crippen molar-refractivity contribution in [2.75, 3.05) is 17.3 Å². The maximum Gasteiger partial charge on any atom is 0.234 e. The molecule has 1 N–H and O–H groups in total. The molecule has 70 valence electrons. The third-order valence-corrected chi connectivity index (χ3v) is 2.31. The van der Waals surface area contributed by atoms with E-state index in [1.165, 1.54) is 11.8 Å². The van der Waals surface area contributed by atoms with Gasteiger partial charge in [-0.2, -0.15) is 11.8 Å². The van der Waals surface area contributed by atoms with Crippen LogP contribution in [0.4, 0.5) is 5.69 Å². The van der Waals surface area contributed by atoms with Crippen molar-refractivity contribution in [3.63, 3.8) is 0 Å². The minimum atomic E-state index is -0.00313. The van der Waals surface area contributed by atoms with Crippen molar-refractivity contribution in [1.82, 2.24) is 4.98 Å². The van der Waals surface area contributed by atoms with Gasteiger partial charge in [0.2, 0.25) is 5.91 Å². The highest BCUT2D eigenvalue weighted by Gasteiger charge is 2.00. The lowest BCUT2D eigenvalue weighted by atomic mass is 10.4. The van der Waals surface area contributed by atoms with Crippen molar-refractivity contribution < 1.29 is 4.79 Å². The summed E-state index contributed by atoms with van der Waals surface area (Å²) in [7, 11) is 0. The highest BCUT2D eigenvalue weighted by molar-refractivity contribution is 9.10. The molecule has 0 bridgehead atoms. The first-order valence-corrected chi connectivity index (χ1v) is 5.81. The number of halogens is 1. The highest BCUT2D eigenvalue weighted by Crippen LogP contribution is 2.10. The zero-order valence-corrected chi connectivity index (χ0v) is 9.48. The number of hydrogen-bond acceptors (Lipinski definition) is 3. The molecule has 1 aromatic heterocycles. The van der Waals surface area contributed by atoms with Gasteiger partial charge >= 0.3 is 0 Å². The first-order chi connectivity index (χ1) is 6.22. The summed E-state index contributed by atoms with van der Waals surface area (Å²) in [5.41, 5.74) is 0.724. The van der Waals surface area contributed by atoms with Crippen LogP contribution in [0.3, 0.4) is 0 Å². The maximum absolute atomic E-state index is 11.1. The fraction of sp³-hybridized carbons (Fsp3) is 0.250. The topological polar surface area (TPSA) is 42.0 Å². The van der Waals surface area contributed by atoms with Gasteiger partial charge in [-0.1, -0.05) is 0 Å². The molecule has 0 radical (unpaired) electrons. The average molecular weight is 261 g/mol. The predicted octanol–water partition coefficient (Wildman–Crippen LogP) is 2.15. The Morgan fingerprint density at radius 3 is 3.00 bits per heavy atom. The molecular weight excluding hydrogens is 252 g/mol. The van der Waals surface area contributed by atoms with Crippen LogP contribution in [-0.4, -0.2) is 22.9 Å². The molecule has 1 aromatic rings. The van der Waals surface area contributed by atoms with E-state index in [1.807, 2.05) is 6.26 Å². The zero-order chi connectivity index (χ0) is 9.68. The smallest absolute Gasteiger partial charge is 0.234 e. The Hall–Kier alpha value is -0.550. The van der Waals surface area contributed by atoms with E-state index in [0.29, 0.717) is 5.75 Å². The number of hydrogen-bond donors (Lipinski definition) is 1. The van der Waals surface area contributed by atoms with Crippen molar-refractivity contribution in [2.24, 2.45) is 0 Å². The summed E-state index contributed by atoms with van der Waals surface area (Å²) in [6, 6.07) is 3.59. The third kappa shape index (κ3) is 3.78. The molecule has 0 saturated heterocycles. The monoisotopic (exact) mass is 260 g/mol. The first kappa shape index (κ1) is 10.5. The molecular formula is C8H9BrN2OS. The van der Waals surface area contributed by atoms with Gasteiger partial charge in [0.15, 0.2) is 0 Å². The van der Waals surface area contributed by atoms with Crippen LogP contribution in [0.2, 0.25) is 0 Å². The lowest BCUT2D eigenvalue weighted by Gasteiger charge is -2.02. The second-order valence-electron chi connectivity index (χ2n) is 2.35. The van der Waals surface area contributed by atoms with E-state index in [4.69, 9.17) is 0 Å². The molecule has 0 aliphatic rings. The number of aromatic nitrogens is 1. The lowest BCUT2D eigenvalue weighted by Crippen LogP contribution is -2.13. The summed E-state index contributed by atoms with van der Waals surface area (Å²) in [5, 5.41) is 2.73. The van der Waals surface area contributed by atoms with Gasteiger partial charge in [-0.3, -0.25) is 4.79 Å². The van der Waals surface area contributed by atoms with Crippen LogP contribution in [0.15, 0.2) is 22.9 Å². The molecule has 0 fully saturated rings. The minimum absolute atomic E-state index is 0.00313. The van der Waals surface area contributed by atoms with Gasteiger partial charge in [-0.25, -0.2) is 4.98 Å². The summed E-state index contributed by atoms with van der Waals surface area (Å²) >= 11 is 4.70. The summed E-state index contributed by atoms with van der Waals surface area (Å²) in [6.45, 7) is 0. The van der Waals surface area contributed by atoms with Gasteiger partial charge in [0, 0.05) is 0 Å². The van der Waals surface area contributed by atoms with Gasteiger partial charge in [0.05, 0.1) is 17.6 Å². The van der Waals surface area contributed by atoms with E-state index < -0.39 is 0 Å². The molecule has 0 spiro atoms. The quantitative estimate of drug-likeness (QED) is 0.847. The normalized spacial score (nSPS) is 9.69. The van der Waals surface area contributed by atoms with Crippen LogP contribution in [-0.2, 0) is 4.79 Å². The Morgan fingerprint density at radius 1 is 1.69 bits per heavy atom. The van der Waals surface area contributed by atoms with Gasteiger partial charge in [0.1, 0.15) is 4.60 Å². The van der Waals surface area contributed by atoms with Gasteiger partial charge in [-0.15, -0.1) is 0 Å². The van der Waals surface area contributed by atoms with Gasteiger partial charge in [-0.05, 0) is 34.3 Å². The standard InChI is InChI=1S/C8H9BrN2OS/c1-13-5-8(12)11-6-2-3-7(9)10-4-6/h2-4H,5H2,1H3,(H,11,12). The third-order valence-electron chi connectivity index (χ3n) is 1.29. The Kier molecular flexibility index (Phi) is 4.24. The fourth-order valence-electron chi connectivity index (χ4n) is 0.778. The van der Waals surface area contributed by atoms with Crippen molar-refractivity contribution in [3.05, 3.63) is 22.9 Å². The molecule has 3 nitrogen and oxygen atoms in total. The number of thioether (sulfide) groups is 1. The number of carbonyl (C=O) groups is 1. The molecule has 1 rings (SSSR count). The molecule has 0 saturated carbocycles. The number of anilines is 1. The average Bonchev–Trinajstić information content (AvgIpc) is 2.09. The minimum Gasteiger partial charge on any atom is -0.324 e. The van der Waals surface area contributed by atoms with E-state index in [9.17, 15) is 4.79 Å². The van der Waals surface area contributed by atoms with E-state index in [-0.39, 0.29) is 5.91 Å². The zero-order valence-electron chi connectivity index (χ0n) is 7.08. The molecule has 0 aliphatic heterocycles. The molecule has 0 aliphatic carbocycles. The molecule has 0 aromatic carbocycles. The van der Waals surface area contributed by atoms with Crippen LogP contribution in [0.5, 0.6) is 0 Å². The fourth-order valence-corrected chi connectivity index (χ4v) is 1.35. The van der Waals surface area contributed by atoms with E-state index in [1.54, 1.807) is 18.3 Å². The van der Waals surface area contributed by atoms with Crippen LogP contribution in [0, 0.1) is 0 Å². The molecule has 0 atom stereocenters. The Morgan fingerprint density at radius 2 is 2.46 bits per heavy atom. The van der Waals surface area contributed by atoms with Crippen molar-refractivity contribution in [1.29, 1.82) is 0 Å². The number of amides is 1. The molecule has 5 heteroatoms. The Balaban J connectivity index is 2.54. The number of nitrogens with one attached hydrogen (secondary N) is 1.